The maximum atomic E-state index is 12.9. The third-order valence-electron chi connectivity index (χ3n) is 6.95. The van der Waals surface area contributed by atoms with Gasteiger partial charge in [0.25, 0.3) is 5.91 Å². The summed E-state index contributed by atoms with van der Waals surface area (Å²) < 4.78 is 151. The fourth-order valence-electron chi connectivity index (χ4n) is 4.63. The van der Waals surface area contributed by atoms with Crippen LogP contribution in [0.1, 0.15) is 67.9 Å². The Bertz CT molecular complexity index is 2070. The first-order valence-corrected chi connectivity index (χ1v) is 23.0. The molecule has 0 heterocycles. The number of nitrogens with zero attached hydrogens (tertiary/aromatic N) is 1. The molecule has 3 nitrogen and oxygen atoms in total. The molecule has 0 aromatic heterocycles. The van der Waals surface area contributed by atoms with Gasteiger partial charge in [-0.2, -0.15) is 52.7 Å². The number of hydrogen-bond donors (Lipinski definition) is 1. The van der Waals surface area contributed by atoms with Crippen LogP contribution in [0.3, 0.4) is 0 Å². The number of carbonyl (C=O) groups excluding carboxylic acids is 1. The van der Waals surface area contributed by atoms with Crippen LogP contribution in [0.4, 0.5) is 64.1 Å². The summed E-state index contributed by atoms with van der Waals surface area (Å²) in [6.45, 7) is 6.76. The van der Waals surface area contributed by atoms with Crippen LogP contribution in [0.5, 0.6) is 0 Å². The first-order chi connectivity index (χ1) is 25.8. The average Bonchev–Trinajstić information content (AvgIpc) is 3.01. The summed E-state index contributed by atoms with van der Waals surface area (Å²) in [6, 6.07) is 8.18. The van der Waals surface area contributed by atoms with Gasteiger partial charge in [0.2, 0.25) is 0 Å². The molecule has 0 spiro atoms. The summed E-state index contributed by atoms with van der Waals surface area (Å²) in [5.74, 6) is -1.13. The van der Waals surface area contributed by atoms with E-state index in [2.05, 4.69) is 10.3 Å². The normalized spacial score (nSPS) is 13.2. The third-order valence-corrected chi connectivity index (χ3v) is 7.84. The SMILES string of the molecule is C.Cc1cc(C)c(N=C(Cl)c2cc(C(F)(F)F)cc(C(F)(F)F)c2)c(Cl)c1.Cc1cc(C)c(NC(=O)c2cc(C(F)(F)F)cc(C(F)(F)F)c2)c(Cl)c1.ClP(Cl)(Cl)(Cl)Cl. The Morgan fingerprint density at radius 2 is 0.864 bits per heavy atom. The molecule has 0 aliphatic heterocycles. The van der Waals surface area contributed by atoms with Crippen molar-refractivity contribution in [3.8, 4) is 0 Å². The molecule has 328 valence electrons. The van der Waals surface area contributed by atoms with E-state index in [0.717, 1.165) is 11.1 Å². The van der Waals surface area contributed by atoms with Crippen LogP contribution in [-0.2, 0) is 24.7 Å². The second kappa shape index (κ2) is 20.0. The third kappa shape index (κ3) is 18.4. The van der Waals surface area contributed by atoms with Crippen LogP contribution < -0.4 is 5.32 Å². The predicted octanol–water partition coefficient (Wildman–Crippen LogP) is 18.5. The number of aliphatic imine (C=N–C) groups is 1. The van der Waals surface area contributed by atoms with Gasteiger partial charge >= 0.3 is 84.3 Å². The first-order valence-electron chi connectivity index (χ1n) is 15.1. The van der Waals surface area contributed by atoms with Gasteiger partial charge in [-0.1, -0.05) is 54.4 Å². The fourth-order valence-corrected chi connectivity index (χ4v) is 5.56. The van der Waals surface area contributed by atoms with Gasteiger partial charge in [0.15, 0.2) is 0 Å². The van der Waals surface area contributed by atoms with Crippen LogP contribution in [0.2, 0.25) is 10.0 Å². The molecular weight excluding hydrogens is 1010 g/mol. The molecule has 0 radical (unpaired) electrons. The predicted molar refractivity (Wildman–Crippen MR) is 218 cm³/mol. The van der Waals surface area contributed by atoms with Crippen molar-refractivity contribution in [1.82, 2.24) is 0 Å². The summed E-state index contributed by atoms with van der Waals surface area (Å²) in [6.07, 6.45) is -20.0. The van der Waals surface area contributed by atoms with Crippen LogP contribution in [0.15, 0.2) is 65.7 Å². The van der Waals surface area contributed by atoms with E-state index < -0.39 is 72.5 Å². The number of halogens is 20. The molecule has 1 amide bonds. The van der Waals surface area contributed by atoms with E-state index in [4.69, 9.17) is 91.0 Å². The number of aryl methyl sites for hydroxylation is 4. The average molecular weight is 1030 g/mol. The van der Waals surface area contributed by atoms with Gasteiger partial charge in [0.05, 0.1) is 43.7 Å². The molecule has 4 rings (SSSR count). The zero-order valence-electron chi connectivity index (χ0n) is 29.1. The number of benzene rings is 4. The van der Waals surface area contributed by atoms with E-state index in [1.807, 2.05) is 0 Å². The van der Waals surface area contributed by atoms with Crippen molar-refractivity contribution >= 4 is 117 Å². The first kappa shape index (κ1) is 54.9. The minimum atomic E-state index is -5.03. The Morgan fingerprint density at radius 1 is 0.542 bits per heavy atom. The summed E-state index contributed by atoms with van der Waals surface area (Å²) in [7, 11) is 0. The Labute approximate surface area is 368 Å². The molecule has 0 atom stereocenters. The van der Waals surface area contributed by atoms with Crippen LogP contribution in [0, 0.1) is 27.7 Å². The standard InChI is InChI=1S/C17H11Cl2F6N.C17H12ClF6NO.CH4.Cl5P/c1-8-3-9(2)14(13(18)4-8)26-15(19)10-5-11(16(20,21)22)7-12(6-10)17(23,24)25;1-8-3-9(2)14(13(18)4-8)25-15(26)10-5-11(16(19,20)21)7-12(6-10)17(22,23)24;;1-6(2,3,4)5/h3-7H,1-2H3;3-7H,1-2H3,(H,25,26);1H4;. The van der Waals surface area contributed by atoms with Gasteiger partial charge < -0.3 is 5.32 Å². The van der Waals surface area contributed by atoms with E-state index in [0.29, 0.717) is 35.4 Å². The van der Waals surface area contributed by atoms with Crippen molar-refractivity contribution in [3.63, 3.8) is 0 Å². The van der Waals surface area contributed by atoms with E-state index >= 15 is 0 Å². The number of alkyl halides is 12. The Kier molecular flexibility index (Phi) is 18.6. The topological polar surface area (TPSA) is 41.5 Å². The van der Waals surface area contributed by atoms with E-state index in [-0.39, 0.29) is 41.0 Å². The molecule has 4 aromatic carbocycles. The Hall–Kier alpha value is -2.07. The number of hydrogen-bond acceptors (Lipinski definition) is 2. The zero-order valence-corrected chi connectivity index (χ0v) is 36.1. The molecule has 24 heteroatoms. The zero-order chi connectivity index (χ0) is 45.2. The maximum absolute atomic E-state index is 12.9. The summed E-state index contributed by atoms with van der Waals surface area (Å²) in [5.41, 5.74) is -4.36. The van der Waals surface area contributed by atoms with Crippen LogP contribution >= 0.6 is 94.4 Å². The molecule has 0 aliphatic rings. The molecule has 1 N–H and O–H groups in total. The van der Waals surface area contributed by atoms with Gasteiger partial charge in [-0.3, -0.25) is 4.79 Å². The van der Waals surface area contributed by atoms with Crippen LogP contribution in [0.25, 0.3) is 0 Å². The quantitative estimate of drug-likeness (QED) is 0.124. The Balaban J connectivity index is 0.000000511. The van der Waals surface area contributed by atoms with Crippen molar-refractivity contribution in [3.05, 3.63) is 126 Å². The summed E-state index contributed by atoms with van der Waals surface area (Å²) >= 11 is 42.9. The second-order valence-corrected chi connectivity index (χ2v) is 29.7. The van der Waals surface area contributed by atoms with E-state index in [9.17, 15) is 57.5 Å². The van der Waals surface area contributed by atoms with Gasteiger partial charge in [0.1, 0.15) is 5.17 Å². The number of amides is 1. The Morgan fingerprint density at radius 3 is 1.19 bits per heavy atom. The van der Waals surface area contributed by atoms with Crippen molar-refractivity contribution < 1.29 is 57.5 Å². The molecule has 0 fully saturated rings. The molecule has 4 aromatic rings. The monoisotopic (exact) mass is 1030 g/mol. The number of nitrogens with one attached hydrogen (secondary N) is 1. The van der Waals surface area contributed by atoms with E-state index in [1.54, 1.807) is 45.9 Å². The van der Waals surface area contributed by atoms with E-state index in [1.165, 1.54) is 6.07 Å². The van der Waals surface area contributed by atoms with Crippen molar-refractivity contribution in [2.24, 2.45) is 4.99 Å². The molecule has 0 saturated carbocycles. The molecule has 0 bridgehead atoms. The van der Waals surface area contributed by atoms with Crippen molar-refractivity contribution in [1.29, 1.82) is 0 Å². The second-order valence-electron chi connectivity index (χ2n) is 11.9. The van der Waals surface area contributed by atoms with Gasteiger partial charge in [-0.25, -0.2) is 4.99 Å². The molecule has 0 unspecified atom stereocenters. The van der Waals surface area contributed by atoms with Gasteiger partial charge in [-0.05, 0) is 98.5 Å². The minimum absolute atomic E-state index is 0. The molecule has 59 heavy (non-hydrogen) atoms. The van der Waals surface area contributed by atoms with Crippen molar-refractivity contribution in [2.75, 3.05) is 5.32 Å². The molecular formula is C35H27Cl8F12N2OP. The van der Waals surface area contributed by atoms with Gasteiger partial charge in [0, 0.05) is 11.1 Å². The van der Waals surface area contributed by atoms with Gasteiger partial charge in [-0.15, -0.1) is 0 Å². The summed E-state index contributed by atoms with van der Waals surface area (Å²) in [5, 5.41) is 2.05. The number of rotatable bonds is 4. The fraction of sp³-hybridized carbons (Fsp3) is 0.257. The molecule has 0 saturated heterocycles. The number of anilines is 1. The van der Waals surface area contributed by atoms with Crippen molar-refractivity contribution in [2.45, 2.75) is 59.8 Å². The summed E-state index contributed by atoms with van der Waals surface area (Å²) in [4.78, 5) is 16.2. The number of carbonyl (C=O) groups is 1. The van der Waals surface area contributed by atoms with Crippen LogP contribution in [-0.4, -0.2) is 11.1 Å². The molecule has 0 aliphatic carbocycles.